The van der Waals surface area contributed by atoms with Gasteiger partial charge in [0, 0.05) is 17.3 Å². The summed E-state index contributed by atoms with van der Waals surface area (Å²) >= 11 is 1.77. The molecule has 2 heterocycles. The smallest absolute Gasteiger partial charge is 0.115 e. The molecule has 1 aliphatic rings. The summed E-state index contributed by atoms with van der Waals surface area (Å²) in [5.41, 5.74) is 9.82. The standard InChI is InChI=1S/C13H15N3S/c1-8-5-6-15-7-9(8)12(14)13-16-10-3-2-4-11(10)17-13/h5-7,12H,2-4,14H2,1H3. The number of pyridine rings is 1. The van der Waals surface area contributed by atoms with Crippen LogP contribution in [0.4, 0.5) is 0 Å². The summed E-state index contributed by atoms with van der Waals surface area (Å²) in [4.78, 5) is 10.3. The normalized spacial score (nSPS) is 15.9. The highest BCUT2D eigenvalue weighted by Gasteiger charge is 2.21. The van der Waals surface area contributed by atoms with Gasteiger partial charge in [-0.3, -0.25) is 4.98 Å². The molecular formula is C13H15N3S. The Bertz CT molecular complexity index is 526. The highest BCUT2D eigenvalue weighted by molar-refractivity contribution is 7.11. The maximum atomic E-state index is 6.29. The summed E-state index contributed by atoms with van der Waals surface area (Å²) in [6.07, 6.45) is 7.19. The predicted octanol–water partition coefficient (Wildman–Crippen LogP) is 2.38. The van der Waals surface area contributed by atoms with Gasteiger partial charge < -0.3 is 5.73 Å². The second kappa shape index (κ2) is 4.20. The predicted molar refractivity (Wildman–Crippen MR) is 69.1 cm³/mol. The first-order valence-corrected chi connectivity index (χ1v) is 6.72. The molecule has 1 aliphatic carbocycles. The number of nitrogens with two attached hydrogens (primary N) is 1. The van der Waals surface area contributed by atoms with Gasteiger partial charge >= 0.3 is 0 Å². The van der Waals surface area contributed by atoms with Gasteiger partial charge in [-0.05, 0) is 43.4 Å². The van der Waals surface area contributed by atoms with Crippen LogP contribution < -0.4 is 5.73 Å². The number of nitrogens with zero attached hydrogens (tertiary/aromatic N) is 2. The van der Waals surface area contributed by atoms with Crippen LogP contribution in [0.5, 0.6) is 0 Å². The molecule has 3 rings (SSSR count). The first-order chi connectivity index (χ1) is 8.25. The number of hydrogen-bond donors (Lipinski definition) is 1. The number of hydrogen-bond acceptors (Lipinski definition) is 4. The minimum absolute atomic E-state index is 0.126. The lowest BCUT2D eigenvalue weighted by Gasteiger charge is -2.11. The SMILES string of the molecule is Cc1ccncc1C(N)c1nc2c(s1)CCC2. The van der Waals surface area contributed by atoms with Crippen LogP contribution in [0.3, 0.4) is 0 Å². The third kappa shape index (κ3) is 1.87. The summed E-state index contributed by atoms with van der Waals surface area (Å²) in [5.74, 6) is 0. The first-order valence-electron chi connectivity index (χ1n) is 5.90. The highest BCUT2D eigenvalue weighted by atomic mass is 32.1. The Morgan fingerprint density at radius 3 is 3.06 bits per heavy atom. The van der Waals surface area contributed by atoms with Crippen molar-refractivity contribution in [3.63, 3.8) is 0 Å². The third-order valence-corrected chi connectivity index (χ3v) is 4.53. The molecule has 0 bridgehead atoms. The Morgan fingerprint density at radius 2 is 2.29 bits per heavy atom. The van der Waals surface area contributed by atoms with Gasteiger partial charge in [-0.15, -0.1) is 11.3 Å². The third-order valence-electron chi connectivity index (χ3n) is 3.29. The van der Waals surface area contributed by atoms with E-state index in [1.807, 2.05) is 12.3 Å². The Morgan fingerprint density at radius 1 is 1.41 bits per heavy atom. The van der Waals surface area contributed by atoms with Gasteiger partial charge in [-0.1, -0.05) is 0 Å². The van der Waals surface area contributed by atoms with E-state index in [9.17, 15) is 0 Å². The largest absolute Gasteiger partial charge is 0.318 e. The van der Waals surface area contributed by atoms with Crippen LogP contribution in [0.2, 0.25) is 0 Å². The molecule has 17 heavy (non-hydrogen) atoms. The van der Waals surface area contributed by atoms with E-state index in [1.165, 1.54) is 29.0 Å². The minimum atomic E-state index is -0.126. The molecule has 0 aromatic carbocycles. The molecule has 3 nitrogen and oxygen atoms in total. The lowest BCUT2D eigenvalue weighted by molar-refractivity contribution is 0.822. The van der Waals surface area contributed by atoms with Gasteiger partial charge in [0.05, 0.1) is 11.7 Å². The van der Waals surface area contributed by atoms with Crippen molar-refractivity contribution in [1.82, 2.24) is 9.97 Å². The van der Waals surface area contributed by atoms with E-state index < -0.39 is 0 Å². The van der Waals surface area contributed by atoms with Gasteiger partial charge in [0.1, 0.15) is 5.01 Å². The summed E-state index contributed by atoms with van der Waals surface area (Å²) < 4.78 is 0. The summed E-state index contributed by atoms with van der Waals surface area (Å²) in [5, 5.41) is 1.03. The lowest BCUT2D eigenvalue weighted by atomic mass is 10.1. The molecule has 2 N–H and O–H groups in total. The van der Waals surface area contributed by atoms with Gasteiger partial charge in [0.2, 0.25) is 0 Å². The second-order valence-corrected chi connectivity index (χ2v) is 5.60. The summed E-state index contributed by atoms with van der Waals surface area (Å²) in [6.45, 7) is 2.07. The molecule has 0 spiro atoms. The van der Waals surface area contributed by atoms with Crippen molar-refractivity contribution in [2.24, 2.45) is 5.73 Å². The van der Waals surface area contributed by atoms with Crippen LogP contribution >= 0.6 is 11.3 Å². The zero-order valence-corrected chi connectivity index (χ0v) is 10.6. The lowest BCUT2D eigenvalue weighted by Crippen LogP contribution is -2.13. The Hall–Kier alpha value is -1.26. The molecule has 0 saturated carbocycles. The molecule has 0 radical (unpaired) electrons. The fraction of sp³-hybridized carbons (Fsp3) is 0.385. The van der Waals surface area contributed by atoms with Crippen LogP contribution in [0.25, 0.3) is 0 Å². The summed E-state index contributed by atoms with van der Waals surface area (Å²) in [7, 11) is 0. The number of fused-ring (bicyclic) bond motifs is 1. The van der Waals surface area contributed by atoms with E-state index in [0.717, 1.165) is 17.0 Å². The molecule has 2 aromatic rings. The van der Waals surface area contributed by atoms with E-state index in [-0.39, 0.29) is 6.04 Å². The molecule has 0 aliphatic heterocycles. The number of aromatic nitrogens is 2. The van der Waals surface area contributed by atoms with E-state index in [4.69, 9.17) is 5.73 Å². The van der Waals surface area contributed by atoms with E-state index >= 15 is 0 Å². The molecular weight excluding hydrogens is 230 g/mol. The Labute approximate surface area is 105 Å². The quantitative estimate of drug-likeness (QED) is 0.883. The minimum Gasteiger partial charge on any atom is -0.318 e. The van der Waals surface area contributed by atoms with Gasteiger partial charge in [0.15, 0.2) is 0 Å². The molecule has 0 fully saturated rings. The Kier molecular flexibility index (Phi) is 2.68. The first kappa shape index (κ1) is 10.9. The van der Waals surface area contributed by atoms with Crippen molar-refractivity contribution in [2.75, 3.05) is 0 Å². The Balaban J connectivity index is 1.96. The van der Waals surface area contributed by atoms with Crippen molar-refractivity contribution in [1.29, 1.82) is 0 Å². The topological polar surface area (TPSA) is 51.8 Å². The average molecular weight is 245 g/mol. The molecule has 0 amide bonds. The van der Waals surface area contributed by atoms with Crippen LogP contribution in [-0.4, -0.2) is 9.97 Å². The fourth-order valence-electron chi connectivity index (χ4n) is 2.28. The number of thiazole rings is 1. The van der Waals surface area contributed by atoms with Crippen molar-refractivity contribution < 1.29 is 0 Å². The molecule has 1 atom stereocenters. The van der Waals surface area contributed by atoms with Crippen molar-refractivity contribution >= 4 is 11.3 Å². The summed E-state index contributed by atoms with van der Waals surface area (Å²) in [6, 6.07) is 1.87. The van der Waals surface area contributed by atoms with Crippen LogP contribution in [-0.2, 0) is 12.8 Å². The molecule has 0 saturated heterocycles. The van der Waals surface area contributed by atoms with E-state index in [2.05, 4.69) is 16.9 Å². The van der Waals surface area contributed by atoms with Crippen molar-refractivity contribution in [3.05, 3.63) is 45.2 Å². The molecule has 2 aromatic heterocycles. The maximum absolute atomic E-state index is 6.29. The molecule has 88 valence electrons. The van der Waals surface area contributed by atoms with E-state index in [1.54, 1.807) is 17.5 Å². The highest BCUT2D eigenvalue weighted by Crippen LogP contribution is 2.32. The fourth-order valence-corrected chi connectivity index (χ4v) is 3.45. The molecule has 1 unspecified atom stereocenters. The van der Waals surface area contributed by atoms with E-state index in [0.29, 0.717) is 0 Å². The molecule has 4 heteroatoms. The maximum Gasteiger partial charge on any atom is 0.115 e. The van der Waals surface area contributed by atoms with Crippen LogP contribution in [0, 0.1) is 6.92 Å². The average Bonchev–Trinajstić information content (AvgIpc) is 2.88. The van der Waals surface area contributed by atoms with Gasteiger partial charge in [-0.2, -0.15) is 0 Å². The van der Waals surface area contributed by atoms with Crippen molar-refractivity contribution in [3.8, 4) is 0 Å². The number of aryl methyl sites for hydroxylation is 3. The van der Waals surface area contributed by atoms with Gasteiger partial charge in [-0.25, -0.2) is 4.98 Å². The second-order valence-electron chi connectivity index (χ2n) is 4.49. The monoisotopic (exact) mass is 245 g/mol. The van der Waals surface area contributed by atoms with Crippen LogP contribution in [0.15, 0.2) is 18.5 Å². The zero-order valence-electron chi connectivity index (χ0n) is 9.81. The number of rotatable bonds is 2. The van der Waals surface area contributed by atoms with Gasteiger partial charge in [0.25, 0.3) is 0 Å². The zero-order chi connectivity index (χ0) is 11.8. The van der Waals surface area contributed by atoms with Crippen LogP contribution in [0.1, 0.15) is 39.2 Å². The van der Waals surface area contributed by atoms with Crippen molar-refractivity contribution in [2.45, 2.75) is 32.2 Å².